The number of ether oxygens (including phenoxy) is 4. The summed E-state index contributed by atoms with van der Waals surface area (Å²) in [4.78, 5) is 36.6. The SMILES string of the molecule is CCOc1cc(/C=N\NC(=O)C(=O)NCCc2ccc(OC)c(OC)c2)ccc1OCC(=O)Nc1ccc(Cl)c(Cl)c1. The number of nitrogens with zero attached hydrogens (tertiary/aromatic N) is 1. The highest BCUT2D eigenvalue weighted by molar-refractivity contribution is 6.42. The molecule has 0 aliphatic rings. The molecule has 222 valence electrons. The molecule has 0 radical (unpaired) electrons. The first-order chi connectivity index (χ1) is 20.2. The maximum absolute atomic E-state index is 12.3. The van der Waals surface area contributed by atoms with Gasteiger partial charge < -0.3 is 29.6 Å². The lowest BCUT2D eigenvalue weighted by molar-refractivity contribution is -0.139. The summed E-state index contributed by atoms with van der Waals surface area (Å²) in [5.41, 5.74) is 4.12. The van der Waals surface area contributed by atoms with Crippen LogP contribution in [-0.2, 0) is 20.8 Å². The molecule has 0 aliphatic carbocycles. The van der Waals surface area contributed by atoms with Gasteiger partial charge in [-0.05, 0) is 73.0 Å². The van der Waals surface area contributed by atoms with Gasteiger partial charge in [-0.15, -0.1) is 0 Å². The van der Waals surface area contributed by atoms with Crippen molar-refractivity contribution in [1.82, 2.24) is 10.7 Å². The Hall–Kier alpha value is -4.48. The number of rotatable bonds is 13. The molecular weight excluding hydrogens is 587 g/mol. The maximum atomic E-state index is 12.3. The molecule has 3 aromatic carbocycles. The van der Waals surface area contributed by atoms with Crippen molar-refractivity contribution in [2.45, 2.75) is 13.3 Å². The number of amides is 3. The van der Waals surface area contributed by atoms with E-state index in [-0.39, 0.29) is 13.2 Å². The third-order valence-corrected chi connectivity index (χ3v) is 6.30. The molecule has 3 N–H and O–H groups in total. The van der Waals surface area contributed by atoms with Crippen LogP contribution in [0.2, 0.25) is 10.0 Å². The Kier molecular flexibility index (Phi) is 12.3. The van der Waals surface area contributed by atoms with Gasteiger partial charge in [0.1, 0.15) is 0 Å². The molecule has 0 aliphatic heterocycles. The zero-order chi connectivity index (χ0) is 30.5. The Bertz CT molecular complexity index is 1450. The number of hydrogen-bond acceptors (Lipinski definition) is 8. The molecule has 3 aromatic rings. The van der Waals surface area contributed by atoms with Gasteiger partial charge in [-0.1, -0.05) is 29.3 Å². The van der Waals surface area contributed by atoms with E-state index in [0.717, 1.165) is 5.56 Å². The Morgan fingerprint density at radius 1 is 0.833 bits per heavy atom. The van der Waals surface area contributed by atoms with Crippen molar-refractivity contribution in [2.75, 3.05) is 39.3 Å². The van der Waals surface area contributed by atoms with Crippen LogP contribution in [0.1, 0.15) is 18.1 Å². The summed E-state index contributed by atoms with van der Waals surface area (Å²) >= 11 is 11.9. The van der Waals surface area contributed by atoms with Gasteiger partial charge >= 0.3 is 11.8 Å². The average molecular weight is 617 g/mol. The van der Waals surface area contributed by atoms with E-state index in [9.17, 15) is 14.4 Å². The summed E-state index contributed by atoms with van der Waals surface area (Å²) < 4.78 is 21.7. The molecular formula is C29H30Cl2N4O7. The number of nitrogens with one attached hydrogen (secondary N) is 3. The van der Waals surface area contributed by atoms with E-state index < -0.39 is 17.7 Å². The number of halogens is 2. The molecule has 0 saturated heterocycles. The summed E-state index contributed by atoms with van der Waals surface area (Å²) in [7, 11) is 3.09. The van der Waals surface area contributed by atoms with E-state index in [1.54, 1.807) is 56.5 Å². The van der Waals surface area contributed by atoms with Crippen molar-refractivity contribution in [2.24, 2.45) is 5.10 Å². The summed E-state index contributed by atoms with van der Waals surface area (Å²) in [6.07, 6.45) is 1.83. The third-order valence-electron chi connectivity index (χ3n) is 5.56. The predicted molar refractivity (Wildman–Crippen MR) is 160 cm³/mol. The standard InChI is InChI=1S/C29H30Cl2N4O7/c1-4-41-26-14-19(6-10-24(26)42-17-27(36)34-20-7-8-21(30)22(31)15-20)16-33-35-29(38)28(37)32-12-11-18-5-9-23(39-2)25(13-18)40-3/h5-10,13-16H,4,11-12,17H2,1-3H3,(H,32,37)(H,34,36)(H,35,38)/b33-16-. The van der Waals surface area contributed by atoms with Crippen molar-refractivity contribution in [3.8, 4) is 23.0 Å². The highest BCUT2D eigenvalue weighted by Gasteiger charge is 2.13. The summed E-state index contributed by atoms with van der Waals surface area (Å²) in [6.45, 7) is 2.08. The van der Waals surface area contributed by atoms with Gasteiger partial charge in [0.2, 0.25) is 0 Å². The van der Waals surface area contributed by atoms with Crippen LogP contribution in [0.3, 0.4) is 0 Å². The number of anilines is 1. The highest BCUT2D eigenvalue weighted by atomic mass is 35.5. The molecule has 11 nitrogen and oxygen atoms in total. The van der Waals surface area contributed by atoms with Crippen LogP contribution in [0.4, 0.5) is 5.69 Å². The smallest absolute Gasteiger partial charge is 0.329 e. The fraction of sp³-hybridized carbons (Fsp3) is 0.241. The number of methoxy groups -OCH3 is 2. The Morgan fingerprint density at radius 3 is 2.31 bits per heavy atom. The first-order valence-corrected chi connectivity index (χ1v) is 13.5. The lowest BCUT2D eigenvalue weighted by atomic mass is 10.1. The quantitative estimate of drug-likeness (QED) is 0.148. The van der Waals surface area contributed by atoms with Crippen LogP contribution in [-0.4, -0.2) is 57.9 Å². The lowest BCUT2D eigenvalue weighted by Gasteiger charge is -2.13. The number of hydrazone groups is 1. The molecule has 3 rings (SSSR count). The van der Waals surface area contributed by atoms with Gasteiger partial charge in [0.05, 0.1) is 37.1 Å². The van der Waals surface area contributed by atoms with E-state index in [1.165, 1.54) is 19.4 Å². The first kappa shape index (κ1) is 32.0. The minimum Gasteiger partial charge on any atom is -0.493 e. The van der Waals surface area contributed by atoms with Crippen LogP contribution in [0.5, 0.6) is 23.0 Å². The monoisotopic (exact) mass is 616 g/mol. The molecule has 0 atom stereocenters. The van der Waals surface area contributed by atoms with Crippen LogP contribution in [0.25, 0.3) is 0 Å². The van der Waals surface area contributed by atoms with E-state index in [1.807, 2.05) is 6.07 Å². The van der Waals surface area contributed by atoms with Gasteiger partial charge in [0.15, 0.2) is 29.6 Å². The van der Waals surface area contributed by atoms with Crippen molar-refractivity contribution < 1.29 is 33.3 Å². The molecule has 0 fully saturated rings. The Labute approximate surface area is 253 Å². The molecule has 13 heteroatoms. The second kappa shape index (κ2) is 16.1. The minimum absolute atomic E-state index is 0.232. The normalized spacial score (nSPS) is 10.6. The van der Waals surface area contributed by atoms with Crippen molar-refractivity contribution in [3.63, 3.8) is 0 Å². The van der Waals surface area contributed by atoms with Crippen LogP contribution >= 0.6 is 23.2 Å². The second-order valence-electron chi connectivity index (χ2n) is 8.50. The predicted octanol–water partition coefficient (Wildman–Crippen LogP) is 4.24. The number of carbonyl (C=O) groups excluding carboxylic acids is 3. The molecule has 0 unspecified atom stereocenters. The van der Waals surface area contributed by atoms with E-state index >= 15 is 0 Å². The van der Waals surface area contributed by atoms with Gasteiger partial charge in [-0.2, -0.15) is 5.10 Å². The average Bonchev–Trinajstić information content (AvgIpc) is 2.98. The molecule has 0 bridgehead atoms. The molecule has 0 heterocycles. The third kappa shape index (κ3) is 9.57. The molecule has 3 amide bonds. The molecule has 0 spiro atoms. The van der Waals surface area contributed by atoms with Crippen molar-refractivity contribution in [1.29, 1.82) is 0 Å². The summed E-state index contributed by atoms with van der Waals surface area (Å²) in [6, 6.07) is 15.0. The maximum Gasteiger partial charge on any atom is 0.329 e. The zero-order valence-electron chi connectivity index (χ0n) is 23.2. The van der Waals surface area contributed by atoms with Crippen molar-refractivity contribution in [3.05, 3.63) is 75.8 Å². The van der Waals surface area contributed by atoms with Crippen LogP contribution < -0.4 is 35.0 Å². The molecule has 0 saturated carbocycles. The van der Waals surface area contributed by atoms with Crippen LogP contribution in [0, 0.1) is 0 Å². The number of carbonyl (C=O) groups is 3. The van der Waals surface area contributed by atoms with Gasteiger partial charge in [0, 0.05) is 12.2 Å². The number of hydrogen-bond donors (Lipinski definition) is 3. The molecule has 0 aromatic heterocycles. The topological polar surface area (TPSA) is 137 Å². The van der Waals surface area contributed by atoms with Gasteiger partial charge in [0.25, 0.3) is 5.91 Å². The van der Waals surface area contributed by atoms with Crippen molar-refractivity contribution >= 4 is 52.8 Å². The fourth-order valence-electron chi connectivity index (χ4n) is 3.56. The minimum atomic E-state index is -0.920. The van der Waals surface area contributed by atoms with Gasteiger partial charge in [-0.25, -0.2) is 5.43 Å². The largest absolute Gasteiger partial charge is 0.493 e. The summed E-state index contributed by atoms with van der Waals surface area (Å²) in [5.74, 6) is -0.292. The fourth-order valence-corrected chi connectivity index (χ4v) is 3.86. The Balaban J connectivity index is 1.49. The van der Waals surface area contributed by atoms with E-state index in [4.69, 9.17) is 42.1 Å². The first-order valence-electron chi connectivity index (χ1n) is 12.7. The number of benzene rings is 3. The van der Waals surface area contributed by atoms with Crippen LogP contribution in [0.15, 0.2) is 59.7 Å². The highest BCUT2D eigenvalue weighted by Crippen LogP contribution is 2.29. The lowest BCUT2D eigenvalue weighted by Crippen LogP contribution is -2.38. The Morgan fingerprint density at radius 2 is 1.60 bits per heavy atom. The zero-order valence-corrected chi connectivity index (χ0v) is 24.7. The van der Waals surface area contributed by atoms with Gasteiger partial charge in [-0.3, -0.25) is 14.4 Å². The summed E-state index contributed by atoms with van der Waals surface area (Å²) in [5, 5.41) is 9.74. The molecule has 42 heavy (non-hydrogen) atoms. The van der Waals surface area contributed by atoms with E-state index in [2.05, 4.69) is 21.2 Å². The second-order valence-corrected chi connectivity index (χ2v) is 9.31. The van der Waals surface area contributed by atoms with E-state index in [0.29, 0.717) is 57.3 Å².